The van der Waals surface area contributed by atoms with E-state index in [1.54, 1.807) is 10.9 Å². The van der Waals surface area contributed by atoms with Crippen molar-refractivity contribution in [1.29, 1.82) is 0 Å². The minimum Gasteiger partial charge on any atom is -0.449 e. The molecule has 1 aliphatic rings. The largest absolute Gasteiger partial charge is 1.00 e. The van der Waals surface area contributed by atoms with Gasteiger partial charge in [-0.05, 0) is 25.2 Å². The van der Waals surface area contributed by atoms with E-state index in [4.69, 9.17) is 0 Å². The third kappa shape index (κ3) is 4.18. The standard InChI is InChI=1S/C9H13BF3N2.K/c11-10(12,13)7-8-5-6-15(14-8)9-3-1-2-4-9;/h5-6,9H,1-4,7H2;/q-1;+1. The number of aromatic nitrogens is 2. The molecule has 0 aromatic carbocycles. The van der Waals surface area contributed by atoms with Crippen LogP contribution in [0, 0.1) is 0 Å². The van der Waals surface area contributed by atoms with Gasteiger partial charge in [-0.1, -0.05) is 12.8 Å². The fourth-order valence-corrected chi connectivity index (χ4v) is 2.10. The van der Waals surface area contributed by atoms with Gasteiger partial charge in [0.2, 0.25) is 0 Å². The Labute approximate surface area is 135 Å². The van der Waals surface area contributed by atoms with E-state index in [0.29, 0.717) is 6.04 Å². The number of hydrogen-bond acceptors (Lipinski definition) is 1. The van der Waals surface area contributed by atoms with E-state index in [0.717, 1.165) is 25.7 Å². The second-order valence-electron chi connectivity index (χ2n) is 4.14. The third-order valence-electron chi connectivity index (χ3n) is 2.80. The maximum atomic E-state index is 12.1. The van der Waals surface area contributed by atoms with Crippen LogP contribution in [0.4, 0.5) is 12.9 Å². The van der Waals surface area contributed by atoms with E-state index >= 15 is 0 Å². The first-order chi connectivity index (χ1) is 7.04. The molecule has 0 aliphatic heterocycles. The molecule has 1 aromatic heterocycles. The van der Waals surface area contributed by atoms with Gasteiger partial charge < -0.3 is 12.9 Å². The fourth-order valence-electron chi connectivity index (χ4n) is 2.10. The predicted octanol–water partition coefficient (Wildman–Crippen LogP) is -0.0687. The van der Waals surface area contributed by atoms with Gasteiger partial charge in [0.05, 0.1) is 6.04 Å². The Balaban J connectivity index is 0.00000128. The molecule has 0 N–H and O–H groups in total. The molecule has 84 valence electrons. The summed E-state index contributed by atoms with van der Waals surface area (Å²) in [5.74, 6) is 0. The van der Waals surface area contributed by atoms with E-state index < -0.39 is 13.3 Å². The maximum absolute atomic E-state index is 12.1. The first-order valence-electron chi connectivity index (χ1n) is 5.29. The molecule has 7 heteroatoms. The van der Waals surface area contributed by atoms with E-state index in [1.807, 2.05) is 0 Å². The summed E-state index contributed by atoms with van der Waals surface area (Å²) in [6.45, 7) is -4.76. The zero-order valence-electron chi connectivity index (χ0n) is 9.37. The van der Waals surface area contributed by atoms with Crippen molar-refractivity contribution in [2.24, 2.45) is 0 Å². The Morgan fingerprint density at radius 2 is 1.94 bits per heavy atom. The van der Waals surface area contributed by atoms with Gasteiger partial charge in [0, 0.05) is 11.9 Å². The van der Waals surface area contributed by atoms with Crippen LogP contribution in [0.3, 0.4) is 0 Å². The van der Waals surface area contributed by atoms with Gasteiger partial charge in [0.1, 0.15) is 0 Å². The van der Waals surface area contributed by atoms with Crippen LogP contribution in [-0.2, 0) is 6.32 Å². The molecule has 0 amide bonds. The fraction of sp³-hybridized carbons (Fsp3) is 0.667. The summed E-state index contributed by atoms with van der Waals surface area (Å²) >= 11 is 0. The number of halogens is 3. The molecule has 1 heterocycles. The smallest absolute Gasteiger partial charge is 0.449 e. The van der Waals surface area contributed by atoms with Crippen LogP contribution in [0.15, 0.2) is 12.3 Å². The topological polar surface area (TPSA) is 17.8 Å². The molecule has 1 aromatic rings. The summed E-state index contributed by atoms with van der Waals surface area (Å²) in [7, 11) is 0. The van der Waals surface area contributed by atoms with Gasteiger partial charge in [-0.25, -0.2) is 0 Å². The van der Waals surface area contributed by atoms with E-state index in [2.05, 4.69) is 5.10 Å². The first kappa shape index (κ1) is 14.8. The van der Waals surface area contributed by atoms with Crippen LogP contribution >= 0.6 is 0 Å². The Morgan fingerprint density at radius 1 is 1.31 bits per heavy atom. The third-order valence-corrected chi connectivity index (χ3v) is 2.80. The molecule has 0 saturated heterocycles. The molecule has 0 spiro atoms. The van der Waals surface area contributed by atoms with Crippen LogP contribution in [0.2, 0.25) is 0 Å². The zero-order chi connectivity index (χ0) is 10.9. The second kappa shape index (κ2) is 6.04. The van der Waals surface area contributed by atoms with Gasteiger partial charge >= 0.3 is 58.4 Å². The van der Waals surface area contributed by atoms with Gasteiger partial charge in [0.25, 0.3) is 0 Å². The summed E-state index contributed by atoms with van der Waals surface area (Å²) < 4.78 is 38.1. The van der Waals surface area contributed by atoms with Crippen molar-refractivity contribution in [2.75, 3.05) is 0 Å². The molecular formula is C9H13BF3KN2. The van der Waals surface area contributed by atoms with Crippen molar-refractivity contribution >= 4 is 6.98 Å². The predicted molar refractivity (Wildman–Crippen MR) is 52.5 cm³/mol. The minimum atomic E-state index is -4.76. The van der Waals surface area contributed by atoms with Crippen LogP contribution in [-0.4, -0.2) is 16.8 Å². The molecule has 0 bridgehead atoms. The summed E-state index contributed by atoms with van der Waals surface area (Å²) in [5.41, 5.74) is 0.148. The second-order valence-corrected chi connectivity index (χ2v) is 4.14. The maximum Gasteiger partial charge on any atom is 1.00 e. The summed E-state index contributed by atoms with van der Waals surface area (Å²) in [6, 6.07) is 1.80. The van der Waals surface area contributed by atoms with Crippen molar-refractivity contribution in [2.45, 2.75) is 38.0 Å². The van der Waals surface area contributed by atoms with Crippen LogP contribution in [0.1, 0.15) is 37.4 Å². The molecule has 2 rings (SSSR count). The van der Waals surface area contributed by atoms with Crippen molar-refractivity contribution < 1.29 is 64.3 Å². The molecule has 1 fully saturated rings. The Morgan fingerprint density at radius 3 is 2.50 bits per heavy atom. The van der Waals surface area contributed by atoms with E-state index in [9.17, 15) is 12.9 Å². The van der Waals surface area contributed by atoms with Gasteiger partial charge in [-0.2, -0.15) is 5.10 Å². The molecule has 16 heavy (non-hydrogen) atoms. The number of hydrogen-bond donors (Lipinski definition) is 0. The normalized spacial score (nSPS) is 17.4. The SMILES string of the molecule is F[B-](F)(F)Cc1ccn(C2CCCC2)n1.[K+]. The quantitative estimate of drug-likeness (QED) is 0.692. The first-order valence-corrected chi connectivity index (χ1v) is 5.29. The summed E-state index contributed by atoms with van der Waals surface area (Å²) in [6.07, 6.45) is 5.20. The Kier molecular flexibility index (Phi) is 5.57. The van der Waals surface area contributed by atoms with E-state index in [-0.39, 0.29) is 57.1 Å². The monoisotopic (exact) mass is 256 g/mol. The summed E-state index contributed by atoms with van der Waals surface area (Å²) in [4.78, 5) is 0. The molecule has 1 aliphatic carbocycles. The minimum absolute atomic E-state index is 0. The molecule has 0 radical (unpaired) electrons. The molecule has 0 atom stereocenters. The van der Waals surface area contributed by atoms with Gasteiger partial charge in [-0.3, -0.25) is 4.68 Å². The van der Waals surface area contributed by atoms with Gasteiger partial charge in [0.15, 0.2) is 0 Å². The summed E-state index contributed by atoms with van der Waals surface area (Å²) in [5, 5.41) is 3.99. The van der Waals surface area contributed by atoms with Crippen molar-refractivity contribution in [1.82, 2.24) is 9.78 Å². The van der Waals surface area contributed by atoms with Crippen LogP contribution in [0.25, 0.3) is 0 Å². The van der Waals surface area contributed by atoms with Crippen molar-refractivity contribution in [3.8, 4) is 0 Å². The molecular weight excluding hydrogens is 243 g/mol. The number of rotatable bonds is 3. The Bertz CT molecular complexity index is 334. The van der Waals surface area contributed by atoms with Crippen LogP contribution < -0.4 is 51.4 Å². The van der Waals surface area contributed by atoms with Crippen molar-refractivity contribution in [3.05, 3.63) is 18.0 Å². The molecule has 1 saturated carbocycles. The Hall–Kier alpha value is 0.701. The van der Waals surface area contributed by atoms with Crippen molar-refractivity contribution in [3.63, 3.8) is 0 Å². The average Bonchev–Trinajstić information content (AvgIpc) is 2.68. The van der Waals surface area contributed by atoms with Gasteiger partial charge in [-0.15, -0.1) is 0 Å². The zero-order valence-corrected chi connectivity index (χ0v) is 12.5. The van der Waals surface area contributed by atoms with E-state index in [1.165, 1.54) is 6.07 Å². The molecule has 0 unspecified atom stereocenters. The molecule has 2 nitrogen and oxygen atoms in total. The number of nitrogens with zero attached hydrogens (tertiary/aromatic N) is 2. The average molecular weight is 256 g/mol. The van der Waals surface area contributed by atoms with Crippen LogP contribution in [0.5, 0.6) is 0 Å².